The zero-order chi connectivity index (χ0) is 18.1. The molecule has 0 radical (unpaired) electrons. The van der Waals surface area contributed by atoms with Gasteiger partial charge in [-0.15, -0.1) is 0 Å². The summed E-state index contributed by atoms with van der Waals surface area (Å²) in [4.78, 5) is 23.7. The second-order valence-corrected chi connectivity index (χ2v) is 5.30. The highest BCUT2D eigenvalue weighted by Crippen LogP contribution is 2.26. The lowest BCUT2D eigenvalue weighted by Crippen LogP contribution is -2.48. The van der Waals surface area contributed by atoms with Gasteiger partial charge < -0.3 is 10.2 Å². The Labute approximate surface area is 132 Å². The van der Waals surface area contributed by atoms with Crippen LogP contribution in [-0.4, -0.2) is 36.0 Å². The molecule has 0 aromatic heterocycles. The molecule has 1 aliphatic heterocycles. The Balaban J connectivity index is 2.08. The van der Waals surface area contributed by atoms with E-state index in [1.165, 1.54) is 0 Å². The summed E-state index contributed by atoms with van der Waals surface area (Å²) in [5.41, 5.74) is -0.627. The Morgan fingerprint density at radius 2 is 1.79 bits per heavy atom. The number of halogens is 6. The number of hydrogen-bond acceptors (Lipinski definition) is 2. The molecule has 2 rings (SSSR count). The Morgan fingerprint density at radius 1 is 1.12 bits per heavy atom. The van der Waals surface area contributed by atoms with Gasteiger partial charge in [0.25, 0.3) is 0 Å². The number of alkyl halides is 3. The summed E-state index contributed by atoms with van der Waals surface area (Å²) in [6.07, 6.45) is -4.72. The molecule has 1 aromatic rings. The Hall–Kier alpha value is -2.26. The zero-order valence-corrected chi connectivity index (χ0v) is 12.1. The van der Waals surface area contributed by atoms with Crippen LogP contribution in [0, 0.1) is 23.4 Å². The molecular formula is C14H12F6N2O2. The average molecular weight is 354 g/mol. The van der Waals surface area contributed by atoms with Gasteiger partial charge >= 0.3 is 12.1 Å². The molecule has 1 saturated heterocycles. The fourth-order valence-electron chi connectivity index (χ4n) is 2.41. The molecule has 24 heavy (non-hydrogen) atoms. The first-order valence-corrected chi connectivity index (χ1v) is 6.91. The number of carbonyl (C=O) groups excluding carboxylic acids is 2. The summed E-state index contributed by atoms with van der Waals surface area (Å²) < 4.78 is 76.7. The van der Waals surface area contributed by atoms with E-state index in [2.05, 4.69) is 0 Å². The predicted octanol–water partition coefficient (Wildman–Crippen LogP) is 2.84. The van der Waals surface area contributed by atoms with E-state index in [4.69, 9.17) is 0 Å². The maximum Gasteiger partial charge on any atom is 0.471 e. The molecule has 2 amide bonds. The molecule has 4 nitrogen and oxygen atoms in total. The summed E-state index contributed by atoms with van der Waals surface area (Å²) in [5, 5.41) is 2.01. The summed E-state index contributed by atoms with van der Waals surface area (Å²) in [7, 11) is 0. The molecule has 1 aliphatic rings. The van der Waals surface area contributed by atoms with Gasteiger partial charge in [0, 0.05) is 13.1 Å². The van der Waals surface area contributed by atoms with Crippen LogP contribution in [-0.2, 0) is 9.59 Å². The molecule has 1 atom stereocenters. The molecule has 0 aliphatic carbocycles. The van der Waals surface area contributed by atoms with Crippen molar-refractivity contribution in [2.45, 2.75) is 19.0 Å². The fraction of sp³-hybridized carbons (Fsp3) is 0.429. The van der Waals surface area contributed by atoms with Gasteiger partial charge in [0.1, 0.15) is 0 Å². The standard InChI is InChI=1S/C14H12F6N2O2/c15-8-3-4-9(11(17)10(8)16)21-12(23)7-2-1-5-22(6-7)13(24)14(18,19)20/h3-4,7H,1-2,5-6H2,(H,21,23). The van der Waals surface area contributed by atoms with E-state index >= 15 is 0 Å². The van der Waals surface area contributed by atoms with Gasteiger partial charge in [0.05, 0.1) is 11.6 Å². The molecule has 0 bridgehead atoms. The Morgan fingerprint density at radius 3 is 2.42 bits per heavy atom. The average Bonchev–Trinajstić information content (AvgIpc) is 2.54. The van der Waals surface area contributed by atoms with E-state index in [0.29, 0.717) is 11.0 Å². The number of anilines is 1. The van der Waals surface area contributed by atoms with Gasteiger partial charge in [-0.1, -0.05) is 0 Å². The molecule has 1 heterocycles. The van der Waals surface area contributed by atoms with Crippen molar-refractivity contribution in [3.05, 3.63) is 29.6 Å². The zero-order valence-electron chi connectivity index (χ0n) is 12.1. The Bertz CT molecular complexity index is 661. The van der Waals surface area contributed by atoms with Crippen LogP contribution < -0.4 is 5.32 Å². The van der Waals surface area contributed by atoms with Crippen molar-refractivity contribution in [2.24, 2.45) is 5.92 Å². The van der Waals surface area contributed by atoms with Crippen molar-refractivity contribution in [2.75, 3.05) is 18.4 Å². The second-order valence-electron chi connectivity index (χ2n) is 5.30. The van der Waals surface area contributed by atoms with Crippen molar-refractivity contribution in [1.82, 2.24) is 4.90 Å². The molecule has 10 heteroatoms. The first-order valence-electron chi connectivity index (χ1n) is 6.91. The number of carbonyl (C=O) groups is 2. The maximum absolute atomic E-state index is 13.5. The highest BCUT2D eigenvalue weighted by atomic mass is 19.4. The van der Waals surface area contributed by atoms with E-state index in [9.17, 15) is 35.9 Å². The van der Waals surface area contributed by atoms with Crippen LogP contribution in [0.2, 0.25) is 0 Å². The van der Waals surface area contributed by atoms with E-state index in [1.807, 2.05) is 5.32 Å². The third-order valence-electron chi connectivity index (χ3n) is 3.61. The van der Waals surface area contributed by atoms with E-state index in [-0.39, 0.29) is 19.4 Å². The van der Waals surface area contributed by atoms with Crippen LogP contribution in [0.25, 0.3) is 0 Å². The largest absolute Gasteiger partial charge is 0.471 e. The van der Waals surface area contributed by atoms with E-state index in [0.717, 1.165) is 6.07 Å². The van der Waals surface area contributed by atoms with Crippen molar-refractivity contribution < 1.29 is 35.9 Å². The van der Waals surface area contributed by atoms with Crippen LogP contribution >= 0.6 is 0 Å². The number of hydrogen-bond donors (Lipinski definition) is 1. The number of nitrogens with zero attached hydrogens (tertiary/aromatic N) is 1. The van der Waals surface area contributed by atoms with Crippen LogP contribution in [0.5, 0.6) is 0 Å². The third-order valence-corrected chi connectivity index (χ3v) is 3.61. The maximum atomic E-state index is 13.5. The fourth-order valence-corrected chi connectivity index (χ4v) is 2.41. The van der Waals surface area contributed by atoms with E-state index in [1.54, 1.807) is 0 Å². The summed E-state index contributed by atoms with van der Waals surface area (Å²) in [5.74, 6) is -8.77. The number of amides is 2. The molecule has 1 N–H and O–H groups in total. The number of rotatable bonds is 2. The normalized spacial score (nSPS) is 18.4. The molecular weight excluding hydrogens is 342 g/mol. The number of benzene rings is 1. The highest BCUT2D eigenvalue weighted by molar-refractivity contribution is 5.93. The summed E-state index contributed by atoms with van der Waals surface area (Å²) >= 11 is 0. The molecule has 1 fully saturated rings. The minimum Gasteiger partial charge on any atom is -0.334 e. The van der Waals surface area contributed by atoms with Crippen molar-refractivity contribution >= 4 is 17.5 Å². The third kappa shape index (κ3) is 3.80. The highest BCUT2D eigenvalue weighted by Gasteiger charge is 2.44. The van der Waals surface area contributed by atoms with Crippen molar-refractivity contribution in [1.29, 1.82) is 0 Å². The topological polar surface area (TPSA) is 49.4 Å². The van der Waals surface area contributed by atoms with Gasteiger partial charge in [-0.2, -0.15) is 13.2 Å². The molecule has 132 valence electrons. The molecule has 1 aromatic carbocycles. The van der Waals surface area contributed by atoms with Gasteiger partial charge in [0.2, 0.25) is 5.91 Å². The number of piperidine rings is 1. The van der Waals surface area contributed by atoms with E-state index < -0.39 is 53.6 Å². The van der Waals surface area contributed by atoms with Crippen LogP contribution in [0.15, 0.2) is 12.1 Å². The summed E-state index contributed by atoms with van der Waals surface area (Å²) in [6.45, 7) is -0.642. The lowest BCUT2D eigenvalue weighted by Gasteiger charge is -2.32. The lowest BCUT2D eigenvalue weighted by molar-refractivity contribution is -0.187. The smallest absolute Gasteiger partial charge is 0.334 e. The van der Waals surface area contributed by atoms with Gasteiger partial charge in [-0.3, -0.25) is 9.59 Å². The quantitative estimate of drug-likeness (QED) is 0.656. The van der Waals surface area contributed by atoms with Crippen molar-refractivity contribution in [3.63, 3.8) is 0 Å². The Kier molecular flexibility index (Phi) is 5.05. The van der Waals surface area contributed by atoms with Gasteiger partial charge in [0.15, 0.2) is 17.5 Å². The molecule has 1 unspecified atom stereocenters. The number of likely N-dealkylation sites (tertiary alicyclic amines) is 1. The molecule has 0 spiro atoms. The second kappa shape index (κ2) is 6.70. The van der Waals surface area contributed by atoms with Crippen LogP contribution in [0.1, 0.15) is 12.8 Å². The van der Waals surface area contributed by atoms with Gasteiger partial charge in [-0.05, 0) is 25.0 Å². The SMILES string of the molecule is O=C(Nc1ccc(F)c(F)c1F)C1CCCN(C(=O)C(F)(F)F)C1. The van der Waals surface area contributed by atoms with Crippen molar-refractivity contribution in [3.8, 4) is 0 Å². The van der Waals surface area contributed by atoms with Crippen LogP contribution in [0.3, 0.4) is 0 Å². The first kappa shape index (κ1) is 18.1. The minimum absolute atomic E-state index is 0.151. The van der Waals surface area contributed by atoms with Gasteiger partial charge in [-0.25, -0.2) is 13.2 Å². The monoisotopic (exact) mass is 354 g/mol. The number of nitrogens with one attached hydrogen (secondary N) is 1. The minimum atomic E-state index is -5.05. The first-order chi connectivity index (χ1) is 11.1. The molecule has 0 saturated carbocycles. The van der Waals surface area contributed by atoms with Crippen LogP contribution in [0.4, 0.5) is 32.0 Å². The lowest BCUT2D eigenvalue weighted by atomic mass is 9.97. The predicted molar refractivity (Wildman–Crippen MR) is 70.3 cm³/mol. The summed E-state index contributed by atoms with van der Waals surface area (Å²) in [6, 6.07) is 1.40.